The van der Waals surface area contributed by atoms with E-state index in [-0.39, 0.29) is 29.5 Å². The van der Waals surface area contributed by atoms with Crippen LogP contribution in [0.15, 0.2) is 77.5 Å². The number of nitrogens with zero attached hydrogens (tertiary/aromatic N) is 3. The lowest BCUT2D eigenvalue weighted by Gasteiger charge is -2.41. The van der Waals surface area contributed by atoms with Crippen LogP contribution in [0.3, 0.4) is 0 Å². The van der Waals surface area contributed by atoms with Gasteiger partial charge in [0.1, 0.15) is 11.8 Å². The van der Waals surface area contributed by atoms with Crippen molar-refractivity contribution in [2.24, 2.45) is 0 Å². The molecule has 1 saturated heterocycles. The highest BCUT2D eigenvalue weighted by Crippen LogP contribution is 2.44. The van der Waals surface area contributed by atoms with Gasteiger partial charge < -0.3 is 10.0 Å². The zero-order chi connectivity index (χ0) is 22.0. The maximum absolute atomic E-state index is 13.3. The first-order chi connectivity index (χ1) is 15.0. The number of pyridine rings is 1. The molecule has 1 N–H and O–H groups in total. The first-order valence-corrected chi connectivity index (χ1v) is 10.6. The first-order valence-electron chi connectivity index (χ1n) is 9.81. The molecular weight excluding hydrogens is 462 g/mol. The fraction of sp³-hybridized carbons (Fsp3) is 0.217. The molecule has 2 heterocycles. The number of phenolic OH excluding ortho intramolecular Hbond substituents is 1. The van der Waals surface area contributed by atoms with Gasteiger partial charge >= 0.3 is 0 Å². The molecule has 0 aliphatic carbocycles. The van der Waals surface area contributed by atoms with Crippen LogP contribution in [0.25, 0.3) is 0 Å². The summed E-state index contributed by atoms with van der Waals surface area (Å²) >= 11 is 3.49. The van der Waals surface area contributed by atoms with Crippen LogP contribution in [0.4, 0.5) is 0 Å². The van der Waals surface area contributed by atoms with E-state index in [2.05, 4.69) is 20.9 Å². The minimum absolute atomic E-state index is 0.0309. The van der Waals surface area contributed by atoms with Crippen molar-refractivity contribution in [1.29, 1.82) is 0 Å². The van der Waals surface area contributed by atoms with Crippen LogP contribution >= 0.6 is 15.9 Å². The van der Waals surface area contributed by atoms with Gasteiger partial charge in [-0.3, -0.25) is 19.9 Å². The topological polar surface area (TPSA) is 96.6 Å². The molecule has 2 aromatic carbocycles. The molecule has 0 spiro atoms. The Bertz CT molecular complexity index is 1090. The van der Waals surface area contributed by atoms with Gasteiger partial charge in [-0.25, -0.2) is 0 Å². The average Bonchev–Trinajstić information content (AvgIpc) is 2.76. The Kier molecular flexibility index (Phi) is 5.99. The van der Waals surface area contributed by atoms with E-state index in [1.54, 1.807) is 35.5 Å². The number of hydrogen-bond acceptors (Lipinski definition) is 5. The smallest absolute Gasteiger partial charge is 0.244 e. The summed E-state index contributed by atoms with van der Waals surface area (Å²) < 4.78 is 0.741. The molecule has 158 valence electrons. The number of benzene rings is 2. The molecule has 0 bridgehead atoms. The fourth-order valence-corrected chi connectivity index (χ4v) is 4.82. The minimum atomic E-state index is -1.06. The number of hydrogen-bond donors (Lipinski definition) is 1. The molecule has 7 nitrogen and oxygen atoms in total. The average molecular weight is 482 g/mol. The summed E-state index contributed by atoms with van der Waals surface area (Å²) in [6.07, 6.45) is 3.33. The zero-order valence-electron chi connectivity index (χ0n) is 16.5. The summed E-state index contributed by atoms with van der Waals surface area (Å²) in [6.45, 7) is 0.214. The van der Waals surface area contributed by atoms with Crippen molar-refractivity contribution in [3.8, 4) is 5.75 Å². The quantitative estimate of drug-likeness (QED) is 0.428. The second kappa shape index (κ2) is 8.85. The molecule has 1 aromatic heterocycles. The van der Waals surface area contributed by atoms with Crippen molar-refractivity contribution in [3.63, 3.8) is 0 Å². The van der Waals surface area contributed by atoms with Crippen LogP contribution in [0.5, 0.6) is 5.75 Å². The van der Waals surface area contributed by atoms with E-state index in [1.807, 2.05) is 30.3 Å². The SMILES string of the molecule is O=C1C[C@H](c2ccccc2Br)[C@@H]([N+](=O)[O-])[C@H](c2ccc(O)cc2)N1Cc1cccnc1. The van der Waals surface area contributed by atoms with Crippen LogP contribution in [0.2, 0.25) is 0 Å². The molecular formula is C23H20BrN3O4. The summed E-state index contributed by atoms with van der Waals surface area (Å²) in [6, 6.07) is 15.3. The van der Waals surface area contributed by atoms with Crippen LogP contribution < -0.4 is 0 Å². The van der Waals surface area contributed by atoms with Gasteiger partial charge in [-0.1, -0.05) is 52.3 Å². The third-order valence-corrected chi connectivity index (χ3v) is 6.37. The zero-order valence-corrected chi connectivity index (χ0v) is 18.1. The third-order valence-electron chi connectivity index (χ3n) is 5.64. The third kappa shape index (κ3) is 4.29. The van der Waals surface area contributed by atoms with Gasteiger partial charge in [-0.2, -0.15) is 0 Å². The molecule has 31 heavy (non-hydrogen) atoms. The standard InChI is InChI=1S/C23H20BrN3O4/c24-20-6-2-1-5-18(20)19-12-21(29)26(14-15-4-3-11-25-13-15)22(23(19)27(30)31)16-7-9-17(28)10-8-16/h1-11,13,19,22-23,28H,12,14H2/t19-,22+,23-/m1/s1. The fourth-order valence-electron chi connectivity index (χ4n) is 4.24. The number of aromatic hydroxyl groups is 1. The lowest BCUT2D eigenvalue weighted by atomic mass is 9.78. The molecule has 3 aromatic rings. The molecule has 1 amide bonds. The predicted octanol–water partition coefficient (Wildman–Crippen LogP) is 4.45. The van der Waals surface area contributed by atoms with Gasteiger partial charge in [0.2, 0.25) is 11.9 Å². The summed E-state index contributed by atoms with van der Waals surface area (Å²) in [5, 5.41) is 22.1. The van der Waals surface area contributed by atoms with E-state index in [0.29, 0.717) is 5.56 Å². The molecule has 8 heteroatoms. The molecule has 4 rings (SSSR count). The number of carbonyl (C=O) groups is 1. The highest BCUT2D eigenvalue weighted by atomic mass is 79.9. The number of phenols is 1. The number of piperidine rings is 1. The van der Waals surface area contributed by atoms with Crippen LogP contribution in [-0.2, 0) is 11.3 Å². The van der Waals surface area contributed by atoms with Crippen molar-refractivity contribution in [2.45, 2.75) is 31.0 Å². The minimum Gasteiger partial charge on any atom is -0.508 e. The van der Waals surface area contributed by atoms with Crippen molar-refractivity contribution < 1.29 is 14.8 Å². The number of likely N-dealkylation sites (tertiary alicyclic amines) is 1. The highest BCUT2D eigenvalue weighted by Gasteiger charge is 2.51. The summed E-state index contributed by atoms with van der Waals surface area (Å²) in [4.78, 5) is 31.1. The second-order valence-electron chi connectivity index (χ2n) is 7.53. The molecule has 3 atom stereocenters. The Balaban J connectivity index is 1.83. The van der Waals surface area contributed by atoms with E-state index in [4.69, 9.17) is 0 Å². The van der Waals surface area contributed by atoms with E-state index in [9.17, 15) is 20.0 Å². The molecule has 0 unspecified atom stereocenters. The van der Waals surface area contributed by atoms with E-state index in [0.717, 1.165) is 15.6 Å². The first kappa shape index (κ1) is 21.0. The number of nitro groups is 1. The Morgan fingerprint density at radius 1 is 1.13 bits per heavy atom. The Morgan fingerprint density at radius 2 is 1.87 bits per heavy atom. The highest BCUT2D eigenvalue weighted by molar-refractivity contribution is 9.10. The maximum Gasteiger partial charge on any atom is 0.244 e. The maximum atomic E-state index is 13.3. The van der Waals surface area contributed by atoms with E-state index in [1.165, 1.54) is 12.1 Å². The van der Waals surface area contributed by atoms with Gasteiger partial charge in [-0.15, -0.1) is 0 Å². The number of amides is 1. The molecule has 1 aliphatic rings. The number of carbonyl (C=O) groups excluding carboxylic acids is 1. The predicted molar refractivity (Wildman–Crippen MR) is 118 cm³/mol. The van der Waals surface area contributed by atoms with Crippen molar-refractivity contribution in [1.82, 2.24) is 9.88 Å². The Morgan fingerprint density at radius 3 is 2.52 bits per heavy atom. The number of aromatic nitrogens is 1. The van der Waals surface area contributed by atoms with Gasteiger partial charge in [0.25, 0.3) is 0 Å². The second-order valence-corrected chi connectivity index (χ2v) is 8.38. The van der Waals surface area contributed by atoms with Crippen LogP contribution in [0, 0.1) is 10.1 Å². The molecule has 0 saturated carbocycles. The molecule has 0 radical (unpaired) electrons. The number of rotatable bonds is 5. The van der Waals surface area contributed by atoms with Gasteiger partial charge in [-0.05, 0) is 41.0 Å². The monoisotopic (exact) mass is 481 g/mol. The largest absolute Gasteiger partial charge is 0.508 e. The number of halogens is 1. The van der Waals surface area contributed by atoms with Crippen molar-refractivity contribution in [2.75, 3.05) is 0 Å². The molecule has 1 aliphatic heterocycles. The Hall–Kier alpha value is -3.26. The summed E-state index contributed by atoms with van der Waals surface area (Å²) in [7, 11) is 0. The lowest BCUT2D eigenvalue weighted by Crippen LogP contribution is -2.51. The molecule has 1 fully saturated rings. The van der Waals surface area contributed by atoms with Crippen LogP contribution in [-0.4, -0.2) is 31.9 Å². The van der Waals surface area contributed by atoms with Gasteiger partial charge in [0.05, 0.1) is 5.92 Å². The summed E-state index contributed by atoms with van der Waals surface area (Å²) in [5.74, 6) is -0.701. The lowest BCUT2D eigenvalue weighted by molar-refractivity contribution is -0.537. The Labute approximate surface area is 187 Å². The van der Waals surface area contributed by atoms with Gasteiger partial charge in [0.15, 0.2) is 0 Å². The van der Waals surface area contributed by atoms with Crippen molar-refractivity contribution >= 4 is 21.8 Å². The van der Waals surface area contributed by atoms with E-state index < -0.39 is 18.0 Å². The van der Waals surface area contributed by atoms with Gasteiger partial charge in [0, 0.05) is 34.8 Å². The van der Waals surface area contributed by atoms with Crippen molar-refractivity contribution in [3.05, 3.63) is 104 Å². The normalized spacial score (nSPS) is 21.1. The summed E-state index contributed by atoms with van der Waals surface area (Å²) in [5.41, 5.74) is 2.14. The van der Waals surface area contributed by atoms with Crippen LogP contribution in [0.1, 0.15) is 35.1 Å². The van der Waals surface area contributed by atoms with E-state index >= 15 is 0 Å².